The van der Waals surface area contributed by atoms with E-state index >= 15 is 0 Å². The molecule has 1 aromatic rings. The molecule has 1 N–H and O–H groups in total. The van der Waals surface area contributed by atoms with Gasteiger partial charge < -0.3 is 14.7 Å². The van der Waals surface area contributed by atoms with Crippen LogP contribution in [0.15, 0.2) is 30.3 Å². The number of benzene rings is 1. The van der Waals surface area contributed by atoms with Gasteiger partial charge in [-0.25, -0.2) is 0 Å². The average molecular weight is 291 g/mol. The Labute approximate surface area is 126 Å². The summed E-state index contributed by atoms with van der Waals surface area (Å²) in [7, 11) is 0. The van der Waals surface area contributed by atoms with E-state index in [1.165, 1.54) is 0 Å². The molecule has 1 aliphatic heterocycles. The summed E-state index contributed by atoms with van der Waals surface area (Å²) in [6.07, 6.45) is 2.48. The molecule has 2 atom stereocenters. The fraction of sp³-hybridized carbons (Fsp3) is 0.588. The number of likely N-dealkylation sites (tertiary alicyclic amines) is 1. The predicted octanol–water partition coefficient (Wildman–Crippen LogP) is 2.21. The van der Waals surface area contributed by atoms with E-state index in [2.05, 4.69) is 0 Å². The van der Waals surface area contributed by atoms with Crippen molar-refractivity contribution < 1.29 is 14.6 Å². The fourth-order valence-electron chi connectivity index (χ4n) is 2.81. The van der Waals surface area contributed by atoms with Gasteiger partial charge in [0.05, 0.1) is 6.61 Å². The summed E-state index contributed by atoms with van der Waals surface area (Å²) in [5.74, 6) is 0.489. The van der Waals surface area contributed by atoms with Crippen molar-refractivity contribution >= 4 is 5.91 Å². The Morgan fingerprint density at radius 1 is 1.43 bits per heavy atom. The molecule has 0 saturated carbocycles. The first-order valence-corrected chi connectivity index (χ1v) is 7.76. The number of hydrogen-bond acceptors (Lipinski definition) is 3. The molecule has 21 heavy (non-hydrogen) atoms. The first kappa shape index (κ1) is 16.0. The molecule has 1 aliphatic rings. The number of hydrogen-bond donors (Lipinski definition) is 1. The number of piperidine rings is 1. The van der Waals surface area contributed by atoms with Gasteiger partial charge in [0.2, 0.25) is 0 Å². The molecule has 2 unspecified atom stereocenters. The van der Waals surface area contributed by atoms with Gasteiger partial charge in [0.1, 0.15) is 6.10 Å². The summed E-state index contributed by atoms with van der Waals surface area (Å²) in [6, 6.07) is 9.89. The van der Waals surface area contributed by atoms with Crippen LogP contribution in [-0.4, -0.2) is 41.7 Å². The largest absolute Gasteiger partial charge is 0.396 e. The second-order valence-corrected chi connectivity index (χ2v) is 5.74. The molecule has 1 amide bonds. The molecule has 0 spiro atoms. The molecule has 4 nitrogen and oxygen atoms in total. The second kappa shape index (κ2) is 8.15. The topological polar surface area (TPSA) is 49.8 Å². The van der Waals surface area contributed by atoms with Gasteiger partial charge in [-0.05, 0) is 37.7 Å². The molecule has 1 heterocycles. The van der Waals surface area contributed by atoms with Gasteiger partial charge in [-0.1, -0.05) is 30.3 Å². The maximum absolute atomic E-state index is 12.4. The second-order valence-electron chi connectivity index (χ2n) is 5.74. The molecule has 0 aliphatic carbocycles. The van der Waals surface area contributed by atoms with E-state index in [0.29, 0.717) is 12.5 Å². The van der Waals surface area contributed by atoms with Gasteiger partial charge in [-0.2, -0.15) is 0 Å². The Morgan fingerprint density at radius 2 is 2.19 bits per heavy atom. The summed E-state index contributed by atoms with van der Waals surface area (Å²) < 4.78 is 5.70. The lowest BCUT2D eigenvalue weighted by molar-refractivity contribution is -0.145. The van der Waals surface area contributed by atoms with E-state index in [4.69, 9.17) is 9.84 Å². The number of nitrogens with zero attached hydrogens (tertiary/aromatic N) is 1. The molecule has 1 aromatic carbocycles. The normalized spacial score (nSPS) is 20.3. The highest BCUT2D eigenvalue weighted by Gasteiger charge is 2.26. The van der Waals surface area contributed by atoms with E-state index in [1.807, 2.05) is 42.2 Å². The van der Waals surface area contributed by atoms with Crippen molar-refractivity contribution in [2.24, 2.45) is 5.92 Å². The van der Waals surface area contributed by atoms with Gasteiger partial charge >= 0.3 is 0 Å². The van der Waals surface area contributed by atoms with Crippen LogP contribution < -0.4 is 0 Å². The Bertz CT molecular complexity index is 433. The highest BCUT2D eigenvalue weighted by molar-refractivity contribution is 5.80. The van der Waals surface area contributed by atoms with E-state index < -0.39 is 6.10 Å². The third-order valence-corrected chi connectivity index (χ3v) is 4.06. The van der Waals surface area contributed by atoms with Gasteiger partial charge in [0.15, 0.2) is 0 Å². The van der Waals surface area contributed by atoms with Crippen molar-refractivity contribution in [1.82, 2.24) is 4.90 Å². The Balaban J connectivity index is 1.81. The Hall–Kier alpha value is -1.39. The first-order valence-electron chi connectivity index (χ1n) is 7.76. The minimum absolute atomic E-state index is 0.0635. The van der Waals surface area contributed by atoms with E-state index in [-0.39, 0.29) is 12.5 Å². The number of carbonyl (C=O) groups is 1. The zero-order valence-electron chi connectivity index (χ0n) is 12.7. The summed E-state index contributed by atoms with van der Waals surface area (Å²) in [5, 5.41) is 9.03. The number of rotatable bonds is 6. The summed E-state index contributed by atoms with van der Waals surface area (Å²) >= 11 is 0. The molecular formula is C17H25NO3. The SMILES string of the molecule is CC(OCc1ccccc1)C(=O)N1CCCC(CCO)C1. The molecule has 0 aromatic heterocycles. The predicted molar refractivity (Wildman–Crippen MR) is 81.7 cm³/mol. The fourth-order valence-corrected chi connectivity index (χ4v) is 2.81. The van der Waals surface area contributed by atoms with Crippen LogP contribution in [0.1, 0.15) is 31.7 Å². The Kier molecular flexibility index (Phi) is 6.21. The standard InChI is InChI=1S/C17H25NO3/c1-14(21-13-16-6-3-2-4-7-16)17(20)18-10-5-8-15(12-18)9-11-19/h2-4,6-7,14-15,19H,5,8-13H2,1H3. The highest BCUT2D eigenvalue weighted by atomic mass is 16.5. The Morgan fingerprint density at radius 3 is 2.90 bits per heavy atom. The third-order valence-electron chi connectivity index (χ3n) is 4.06. The lowest BCUT2D eigenvalue weighted by Crippen LogP contribution is -2.45. The van der Waals surface area contributed by atoms with E-state index in [1.54, 1.807) is 0 Å². The van der Waals surface area contributed by atoms with Crippen LogP contribution in [0.2, 0.25) is 0 Å². The molecule has 1 fully saturated rings. The summed E-state index contributed by atoms with van der Waals surface area (Å²) in [4.78, 5) is 14.3. The van der Waals surface area contributed by atoms with Crippen LogP contribution in [-0.2, 0) is 16.1 Å². The molecular weight excluding hydrogens is 266 g/mol. The van der Waals surface area contributed by atoms with Crippen molar-refractivity contribution in [1.29, 1.82) is 0 Å². The van der Waals surface area contributed by atoms with Crippen LogP contribution in [0.3, 0.4) is 0 Å². The van der Waals surface area contributed by atoms with Crippen LogP contribution in [0.25, 0.3) is 0 Å². The van der Waals surface area contributed by atoms with Crippen molar-refractivity contribution in [3.8, 4) is 0 Å². The number of ether oxygens (including phenoxy) is 1. The molecule has 0 bridgehead atoms. The van der Waals surface area contributed by atoms with Gasteiger partial charge in [0.25, 0.3) is 5.91 Å². The van der Waals surface area contributed by atoms with E-state index in [9.17, 15) is 4.79 Å². The monoisotopic (exact) mass is 291 g/mol. The highest BCUT2D eigenvalue weighted by Crippen LogP contribution is 2.20. The van der Waals surface area contributed by atoms with Crippen molar-refractivity contribution in [3.05, 3.63) is 35.9 Å². The number of amides is 1. The maximum Gasteiger partial charge on any atom is 0.251 e. The van der Waals surface area contributed by atoms with Gasteiger partial charge in [-0.15, -0.1) is 0 Å². The molecule has 4 heteroatoms. The van der Waals surface area contributed by atoms with Crippen LogP contribution >= 0.6 is 0 Å². The number of carbonyl (C=O) groups excluding carboxylic acids is 1. The van der Waals surface area contributed by atoms with E-state index in [0.717, 1.165) is 37.9 Å². The average Bonchev–Trinajstić information content (AvgIpc) is 2.53. The lowest BCUT2D eigenvalue weighted by Gasteiger charge is -2.34. The van der Waals surface area contributed by atoms with Gasteiger partial charge in [0, 0.05) is 19.7 Å². The van der Waals surface area contributed by atoms with Crippen LogP contribution in [0, 0.1) is 5.92 Å². The molecule has 2 rings (SSSR count). The first-order chi connectivity index (χ1) is 10.2. The van der Waals surface area contributed by atoms with Gasteiger partial charge in [-0.3, -0.25) is 4.79 Å². The minimum Gasteiger partial charge on any atom is -0.396 e. The quantitative estimate of drug-likeness (QED) is 0.874. The summed E-state index contributed by atoms with van der Waals surface area (Å²) in [5.41, 5.74) is 1.08. The zero-order valence-corrected chi connectivity index (χ0v) is 12.7. The third kappa shape index (κ3) is 4.83. The zero-order chi connectivity index (χ0) is 15.1. The van der Waals surface area contributed by atoms with Crippen LogP contribution in [0.5, 0.6) is 0 Å². The van der Waals surface area contributed by atoms with Crippen molar-refractivity contribution in [2.75, 3.05) is 19.7 Å². The number of aliphatic hydroxyl groups excluding tert-OH is 1. The maximum atomic E-state index is 12.4. The molecule has 0 radical (unpaired) electrons. The van der Waals surface area contributed by atoms with Crippen molar-refractivity contribution in [2.45, 2.75) is 38.9 Å². The lowest BCUT2D eigenvalue weighted by atomic mass is 9.95. The molecule has 1 saturated heterocycles. The van der Waals surface area contributed by atoms with Crippen LogP contribution in [0.4, 0.5) is 0 Å². The smallest absolute Gasteiger partial charge is 0.251 e. The molecule has 116 valence electrons. The summed E-state index contributed by atoms with van der Waals surface area (Å²) in [6.45, 7) is 4.04. The number of aliphatic hydroxyl groups is 1. The van der Waals surface area contributed by atoms with Crippen molar-refractivity contribution in [3.63, 3.8) is 0 Å². The minimum atomic E-state index is -0.418.